The predicted octanol–water partition coefficient (Wildman–Crippen LogP) is 1.67. The molecule has 0 saturated heterocycles. The first-order chi connectivity index (χ1) is 11.3. The van der Waals surface area contributed by atoms with Crippen LogP contribution >= 0.6 is 0 Å². The van der Waals surface area contributed by atoms with Crippen molar-refractivity contribution in [3.8, 4) is 5.75 Å². The smallest absolute Gasteiger partial charge is 0.473 e. The van der Waals surface area contributed by atoms with E-state index in [4.69, 9.17) is 4.74 Å². The number of ether oxygens (including phenoxy) is 1. The second-order valence-corrected chi connectivity index (χ2v) is 4.45. The van der Waals surface area contributed by atoms with Crippen molar-refractivity contribution in [3.05, 3.63) is 29.8 Å². The summed E-state index contributed by atoms with van der Waals surface area (Å²) in [6, 6.07) is 6.97. The van der Waals surface area contributed by atoms with Gasteiger partial charge in [-0.1, -0.05) is 12.1 Å². The number of amides is 1. The van der Waals surface area contributed by atoms with Crippen molar-refractivity contribution in [3.63, 3.8) is 0 Å². The highest BCUT2D eigenvalue weighted by molar-refractivity contribution is 5.85. The van der Waals surface area contributed by atoms with E-state index in [1.54, 1.807) is 31.2 Å². The van der Waals surface area contributed by atoms with Crippen molar-refractivity contribution in [1.29, 1.82) is 0 Å². The summed E-state index contributed by atoms with van der Waals surface area (Å²) in [5.74, 6) is -1.58. The Morgan fingerprint density at radius 3 is 2.42 bits per heavy atom. The highest BCUT2D eigenvalue weighted by Crippen LogP contribution is 2.15. The van der Waals surface area contributed by atoms with Gasteiger partial charge in [0, 0.05) is 13.3 Å². The van der Waals surface area contributed by atoms with Crippen LogP contribution < -0.4 is 15.5 Å². The third-order valence-corrected chi connectivity index (χ3v) is 2.76. The van der Waals surface area contributed by atoms with Crippen LogP contribution in [0.25, 0.3) is 0 Å². The Labute approximate surface area is 137 Å². The van der Waals surface area contributed by atoms with Crippen LogP contribution in [-0.2, 0) is 11.3 Å². The van der Waals surface area contributed by atoms with E-state index in [1.807, 2.05) is 0 Å². The molecular formula is C14H18F3N5O2. The van der Waals surface area contributed by atoms with Crippen molar-refractivity contribution in [2.75, 3.05) is 13.7 Å². The number of alkyl halides is 3. The molecule has 0 aromatic heterocycles. The molecule has 0 aliphatic heterocycles. The number of nitrogens with one attached hydrogen (secondary N) is 2. The minimum Gasteiger partial charge on any atom is -0.497 e. The van der Waals surface area contributed by atoms with E-state index in [0.29, 0.717) is 12.3 Å². The van der Waals surface area contributed by atoms with E-state index in [0.717, 1.165) is 5.56 Å². The molecule has 1 aromatic carbocycles. The largest absolute Gasteiger partial charge is 0.497 e. The first-order valence-electron chi connectivity index (χ1n) is 6.87. The summed E-state index contributed by atoms with van der Waals surface area (Å²) < 4.78 is 41.7. The van der Waals surface area contributed by atoms with Crippen molar-refractivity contribution < 1.29 is 22.7 Å². The summed E-state index contributed by atoms with van der Waals surface area (Å²) in [7, 11) is 1.53. The third-order valence-electron chi connectivity index (χ3n) is 2.76. The van der Waals surface area contributed by atoms with Gasteiger partial charge in [0.25, 0.3) is 0 Å². The lowest BCUT2D eigenvalue weighted by Gasteiger charge is -2.21. The van der Waals surface area contributed by atoms with Gasteiger partial charge in [0.05, 0.1) is 13.7 Å². The molecule has 0 radical (unpaired) electrons. The summed E-state index contributed by atoms with van der Waals surface area (Å²) in [5.41, 5.74) is 2.23. The fourth-order valence-corrected chi connectivity index (χ4v) is 1.61. The van der Waals surface area contributed by atoms with E-state index in [2.05, 4.69) is 22.2 Å². The van der Waals surface area contributed by atoms with Crippen molar-refractivity contribution in [2.45, 2.75) is 19.6 Å². The Kier molecular flexibility index (Phi) is 7.02. The quantitative estimate of drug-likeness (QED) is 0.467. The summed E-state index contributed by atoms with van der Waals surface area (Å²) in [5, 5.41) is 11.1. The molecule has 132 valence electrons. The Morgan fingerprint density at radius 1 is 1.33 bits per heavy atom. The molecule has 0 atom stereocenters. The van der Waals surface area contributed by atoms with Crippen LogP contribution in [0, 0.1) is 0 Å². The summed E-state index contributed by atoms with van der Waals surface area (Å²) in [4.78, 5) is 10.9. The van der Waals surface area contributed by atoms with Gasteiger partial charge in [0.15, 0.2) is 0 Å². The van der Waals surface area contributed by atoms with Gasteiger partial charge in [0.1, 0.15) is 5.75 Å². The molecule has 0 fully saturated rings. The van der Waals surface area contributed by atoms with Gasteiger partial charge >= 0.3 is 12.1 Å². The number of hydrazone groups is 2. The number of benzene rings is 1. The zero-order chi connectivity index (χ0) is 18.2. The molecule has 2 N–H and O–H groups in total. The lowest BCUT2D eigenvalue weighted by molar-refractivity contribution is -0.173. The number of carbonyl (C=O) groups excluding carboxylic acids is 1. The van der Waals surface area contributed by atoms with Crippen LogP contribution in [0.15, 0.2) is 34.5 Å². The molecule has 0 bridgehead atoms. The van der Waals surface area contributed by atoms with Gasteiger partial charge < -0.3 is 10.1 Å². The van der Waals surface area contributed by atoms with Crippen molar-refractivity contribution in [1.82, 2.24) is 15.8 Å². The number of rotatable bonds is 6. The fraction of sp³-hybridized carbons (Fsp3) is 0.357. The zero-order valence-corrected chi connectivity index (χ0v) is 13.2. The summed E-state index contributed by atoms with van der Waals surface area (Å²) >= 11 is 0. The highest BCUT2D eigenvalue weighted by Gasteiger charge is 2.38. The number of hydrogen-bond donors (Lipinski definition) is 2. The average Bonchev–Trinajstić information content (AvgIpc) is 2.56. The van der Waals surface area contributed by atoms with Crippen LogP contribution in [0.1, 0.15) is 12.5 Å². The Hall–Kier alpha value is -2.78. The number of methoxy groups -OCH3 is 1. The number of halogens is 3. The standard InChI is InChI=1S/C14H18F3N5O2/c1-4-19-13(21-20-12(23)14(15,16)17)22(18-2)9-10-5-7-11(24-3)8-6-10/h5-8H,2,4,9H2,1,3H3,(H,19,21)(H,20,23). The number of guanidine groups is 1. The second-order valence-electron chi connectivity index (χ2n) is 4.45. The Bertz CT molecular complexity index is 587. The first-order valence-corrected chi connectivity index (χ1v) is 6.87. The van der Waals surface area contributed by atoms with Crippen molar-refractivity contribution in [2.24, 2.45) is 10.2 Å². The monoisotopic (exact) mass is 345 g/mol. The van der Waals surface area contributed by atoms with E-state index >= 15 is 0 Å². The molecule has 1 rings (SSSR count). The van der Waals surface area contributed by atoms with Crippen LogP contribution in [0.3, 0.4) is 0 Å². The minimum atomic E-state index is -5.02. The molecule has 0 aliphatic rings. The SMILES string of the molecule is C=NN(Cc1ccc(OC)cc1)/C(=N/NC(=O)C(F)(F)F)NCC. The predicted molar refractivity (Wildman–Crippen MR) is 83.4 cm³/mol. The topological polar surface area (TPSA) is 78.3 Å². The molecule has 0 aliphatic carbocycles. The normalized spacial score (nSPS) is 11.6. The molecule has 0 unspecified atom stereocenters. The molecule has 0 saturated carbocycles. The first kappa shape index (κ1) is 19.3. The van der Waals surface area contributed by atoms with Crippen LogP contribution in [-0.4, -0.2) is 43.4 Å². The lowest BCUT2D eigenvalue weighted by atomic mass is 10.2. The molecular weight excluding hydrogens is 327 g/mol. The Balaban J connectivity index is 2.89. The van der Waals surface area contributed by atoms with Crippen molar-refractivity contribution >= 4 is 18.6 Å². The molecule has 0 heterocycles. The fourth-order valence-electron chi connectivity index (χ4n) is 1.61. The number of hydrogen-bond acceptors (Lipinski definition) is 4. The van der Waals surface area contributed by atoms with Gasteiger partial charge in [-0.3, -0.25) is 4.79 Å². The molecule has 7 nitrogen and oxygen atoms in total. The Morgan fingerprint density at radius 2 is 1.96 bits per heavy atom. The van der Waals surface area contributed by atoms with Crippen LogP contribution in [0.2, 0.25) is 0 Å². The maximum Gasteiger partial charge on any atom is 0.473 e. The number of carbonyl (C=O) groups is 1. The molecule has 0 spiro atoms. The van der Waals surface area contributed by atoms with Crippen LogP contribution in [0.4, 0.5) is 13.2 Å². The summed E-state index contributed by atoms with van der Waals surface area (Å²) in [6.45, 7) is 5.62. The van der Waals surface area contributed by atoms with Gasteiger partial charge in [-0.25, -0.2) is 10.4 Å². The molecule has 1 aromatic rings. The second kappa shape index (κ2) is 8.75. The molecule has 1 amide bonds. The van der Waals surface area contributed by atoms with E-state index < -0.39 is 12.1 Å². The maximum absolute atomic E-state index is 12.2. The third kappa shape index (κ3) is 5.78. The average molecular weight is 345 g/mol. The summed E-state index contributed by atoms with van der Waals surface area (Å²) in [6.07, 6.45) is -5.02. The molecule has 10 heteroatoms. The molecule has 24 heavy (non-hydrogen) atoms. The zero-order valence-electron chi connectivity index (χ0n) is 13.2. The maximum atomic E-state index is 12.2. The van der Waals surface area contributed by atoms with E-state index in [-0.39, 0.29) is 12.5 Å². The number of nitrogens with zero attached hydrogens (tertiary/aromatic N) is 3. The van der Waals surface area contributed by atoms with Gasteiger partial charge in [-0.15, -0.1) is 5.10 Å². The van der Waals surface area contributed by atoms with Crippen LogP contribution in [0.5, 0.6) is 5.75 Å². The van der Waals surface area contributed by atoms with E-state index in [9.17, 15) is 18.0 Å². The van der Waals surface area contributed by atoms with Gasteiger partial charge in [-0.05, 0) is 24.6 Å². The lowest BCUT2D eigenvalue weighted by Crippen LogP contribution is -2.41. The van der Waals surface area contributed by atoms with E-state index in [1.165, 1.54) is 17.5 Å². The minimum absolute atomic E-state index is 0.0686. The van der Waals surface area contributed by atoms with Gasteiger partial charge in [-0.2, -0.15) is 18.3 Å². The highest BCUT2D eigenvalue weighted by atomic mass is 19.4. The van der Waals surface area contributed by atoms with Gasteiger partial charge in [0.2, 0.25) is 5.96 Å².